The minimum Gasteiger partial charge on any atom is -0.325 e. The van der Waals surface area contributed by atoms with Crippen molar-refractivity contribution in [3.63, 3.8) is 0 Å². The Bertz CT molecular complexity index is 975. The summed E-state index contributed by atoms with van der Waals surface area (Å²) in [5.41, 5.74) is -0.713. The standard InChI is InChI=1S/C19H20ClF3N2O3S/c1-12(2)25-29(27,28)15-7-3-13(4-8-15)5-10-18(26)24-17-9-6-14(20)11-16(17)19(21,22)23/h3-4,6-9,11-12,25H,5,10H2,1-2H3,(H,24,26). The third kappa shape index (κ3) is 6.73. The first-order valence-electron chi connectivity index (χ1n) is 8.66. The van der Waals surface area contributed by atoms with Crippen molar-refractivity contribution in [2.24, 2.45) is 0 Å². The molecule has 0 unspecified atom stereocenters. The van der Waals surface area contributed by atoms with Gasteiger partial charge in [0.1, 0.15) is 0 Å². The molecule has 2 rings (SSSR count). The minimum atomic E-state index is -4.65. The first-order valence-corrected chi connectivity index (χ1v) is 10.5. The maximum Gasteiger partial charge on any atom is 0.418 e. The van der Waals surface area contributed by atoms with Gasteiger partial charge in [-0.05, 0) is 56.2 Å². The molecule has 0 aliphatic carbocycles. The van der Waals surface area contributed by atoms with Crippen LogP contribution in [-0.2, 0) is 27.4 Å². The molecule has 0 fully saturated rings. The van der Waals surface area contributed by atoms with Crippen LogP contribution in [0.2, 0.25) is 5.02 Å². The minimum absolute atomic E-state index is 0.0732. The molecule has 10 heteroatoms. The summed E-state index contributed by atoms with van der Waals surface area (Å²) in [6.45, 7) is 3.41. The lowest BCUT2D eigenvalue weighted by molar-refractivity contribution is -0.137. The van der Waals surface area contributed by atoms with Crippen molar-refractivity contribution in [1.29, 1.82) is 0 Å². The molecule has 29 heavy (non-hydrogen) atoms. The van der Waals surface area contributed by atoms with Gasteiger partial charge in [0.15, 0.2) is 0 Å². The number of halogens is 4. The van der Waals surface area contributed by atoms with E-state index in [1.165, 1.54) is 18.2 Å². The molecule has 2 aromatic carbocycles. The lowest BCUT2D eigenvalue weighted by Crippen LogP contribution is -2.30. The Morgan fingerprint density at radius 1 is 1.10 bits per heavy atom. The van der Waals surface area contributed by atoms with Gasteiger partial charge in [-0.3, -0.25) is 4.79 Å². The first kappa shape index (κ1) is 23.2. The van der Waals surface area contributed by atoms with E-state index < -0.39 is 27.7 Å². The van der Waals surface area contributed by atoms with E-state index in [4.69, 9.17) is 11.6 Å². The van der Waals surface area contributed by atoms with E-state index in [0.29, 0.717) is 5.56 Å². The topological polar surface area (TPSA) is 75.3 Å². The Labute approximate surface area is 172 Å². The molecule has 158 valence electrons. The number of amides is 1. The first-order chi connectivity index (χ1) is 13.4. The van der Waals surface area contributed by atoms with Gasteiger partial charge in [0.2, 0.25) is 15.9 Å². The number of nitrogens with one attached hydrogen (secondary N) is 2. The van der Waals surface area contributed by atoms with Gasteiger partial charge in [0.25, 0.3) is 0 Å². The van der Waals surface area contributed by atoms with Gasteiger partial charge in [-0.2, -0.15) is 13.2 Å². The summed E-state index contributed by atoms with van der Waals surface area (Å²) in [6, 6.07) is 8.82. The Morgan fingerprint density at radius 2 is 1.72 bits per heavy atom. The monoisotopic (exact) mass is 448 g/mol. The van der Waals surface area contributed by atoms with Crippen molar-refractivity contribution >= 4 is 33.2 Å². The molecule has 0 radical (unpaired) electrons. The highest BCUT2D eigenvalue weighted by molar-refractivity contribution is 7.89. The van der Waals surface area contributed by atoms with Crippen LogP contribution in [0.5, 0.6) is 0 Å². The third-order valence-corrected chi connectivity index (χ3v) is 5.74. The van der Waals surface area contributed by atoms with Crippen molar-refractivity contribution in [3.05, 3.63) is 58.6 Å². The SMILES string of the molecule is CC(C)NS(=O)(=O)c1ccc(CCC(=O)Nc2ccc(Cl)cc2C(F)(F)F)cc1. The highest BCUT2D eigenvalue weighted by Crippen LogP contribution is 2.36. The quantitative estimate of drug-likeness (QED) is 0.649. The number of sulfonamides is 1. The maximum atomic E-state index is 13.1. The number of benzene rings is 2. The molecular weight excluding hydrogens is 429 g/mol. The van der Waals surface area contributed by atoms with Crippen molar-refractivity contribution in [2.45, 2.75) is 43.8 Å². The number of hydrogen-bond donors (Lipinski definition) is 2. The molecule has 5 nitrogen and oxygen atoms in total. The highest BCUT2D eigenvalue weighted by Gasteiger charge is 2.34. The van der Waals surface area contributed by atoms with E-state index >= 15 is 0 Å². The predicted octanol–water partition coefficient (Wildman–Crippen LogP) is 4.62. The van der Waals surface area contributed by atoms with E-state index in [0.717, 1.165) is 12.1 Å². The van der Waals surface area contributed by atoms with Crippen molar-refractivity contribution in [3.8, 4) is 0 Å². The second-order valence-corrected chi connectivity index (χ2v) is 8.81. The summed E-state index contributed by atoms with van der Waals surface area (Å²) in [5.74, 6) is -0.601. The number of hydrogen-bond acceptors (Lipinski definition) is 3. The lowest BCUT2D eigenvalue weighted by Gasteiger charge is -2.14. The van der Waals surface area contributed by atoms with Crippen LogP contribution in [0.4, 0.5) is 18.9 Å². The van der Waals surface area contributed by atoms with Gasteiger partial charge < -0.3 is 5.32 Å². The van der Waals surface area contributed by atoms with E-state index in [1.54, 1.807) is 26.0 Å². The van der Waals surface area contributed by atoms with Gasteiger partial charge in [-0.1, -0.05) is 23.7 Å². The van der Waals surface area contributed by atoms with Crippen LogP contribution in [0.15, 0.2) is 47.4 Å². The fraction of sp³-hybridized carbons (Fsp3) is 0.316. The highest BCUT2D eigenvalue weighted by atomic mass is 35.5. The summed E-state index contributed by atoms with van der Waals surface area (Å²) < 4.78 is 65.9. The van der Waals surface area contributed by atoms with E-state index in [9.17, 15) is 26.4 Å². The third-order valence-electron chi connectivity index (χ3n) is 3.83. The maximum absolute atomic E-state index is 13.1. The normalized spacial score (nSPS) is 12.2. The van der Waals surface area contributed by atoms with Crippen LogP contribution < -0.4 is 10.0 Å². The molecule has 2 aromatic rings. The average Bonchev–Trinajstić information content (AvgIpc) is 2.60. The molecule has 0 heterocycles. The Hall–Kier alpha value is -2.10. The van der Waals surface area contributed by atoms with Crippen molar-refractivity contribution < 1.29 is 26.4 Å². The molecule has 0 spiro atoms. The number of carbonyl (C=O) groups excluding carboxylic acids is 1. The Kier molecular flexibility index (Phi) is 7.31. The van der Waals surface area contributed by atoms with Gasteiger partial charge in [-0.25, -0.2) is 13.1 Å². The van der Waals surface area contributed by atoms with Crippen molar-refractivity contribution in [2.75, 3.05) is 5.32 Å². The number of aryl methyl sites for hydroxylation is 1. The Balaban J connectivity index is 2.02. The average molecular weight is 449 g/mol. The summed E-state index contributed by atoms with van der Waals surface area (Å²) in [4.78, 5) is 12.2. The Morgan fingerprint density at radius 3 is 2.28 bits per heavy atom. The molecule has 0 aromatic heterocycles. The van der Waals surface area contributed by atoms with Gasteiger partial charge in [0, 0.05) is 17.5 Å². The van der Waals surface area contributed by atoms with Crippen LogP contribution in [-0.4, -0.2) is 20.4 Å². The molecule has 0 atom stereocenters. The largest absolute Gasteiger partial charge is 0.418 e. The van der Waals surface area contributed by atoms with E-state index in [-0.39, 0.29) is 34.5 Å². The fourth-order valence-corrected chi connectivity index (χ4v) is 3.97. The van der Waals surface area contributed by atoms with Crippen LogP contribution in [0, 0.1) is 0 Å². The molecular formula is C19H20ClF3N2O3S. The molecule has 2 N–H and O–H groups in total. The molecule has 0 saturated carbocycles. The summed E-state index contributed by atoms with van der Waals surface area (Å²) in [5, 5.41) is 2.16. The zero-order chi connectivity index (χ0) is 21.8. The molecule has 0 saturated heterocycles. The van der Waals surface area contributed by atoms with Gasteiger partial charge >= 0.3 is 6.18 Å². The molecule has 1 amide bonds. The molecule has 0 bridgehead atoms. The number of carbonyl (C=O) groups is 1. The zero-order valence-corrected chi connectivity index (χ0v) is 17.3. The smallest absolute Gasteiger partial charge is 0.325 e. The summed E-state index contributed by atoms with van der Waals surface area (Å²) >= 11 is 5.61. The predicted molar refractivity (Wildman–Crippen MR) is 105 cm³/mol. The number of alkyl halides is 3. The number of anilines is 1. The molecule has 0 aliphatic heterocycles. The zero-order valence-electron chi connectivity index (χ0n) is 15.7. The van der Waals surface area contributed by atoms with Gasteiger partial charge in [-0.15, -0.1) is 0 Å². The molecule has 0 aliphatic rings. The summed E-state index contributed by atoms with van der Waals surface area (Å²) in [7, 11) is -3.62. The van der Waals surface area contributed by atoms with Gasteiger partial charge in [0.05, 0.1) is 16.1 Å². The number of rotatable bonds is 7. The van der Waals surface area contributed by atoms with Crippen molar-refractivity contribution in [1.82, 2.24) is 4.72 Å². The lowest BCUT2D eigenvalue weighted by atomic mass is 10.1. The van der Waals surface area contributed by atoms with E-state index in [1.807, 2.05) is 0 Å². The summed E-state index contributed by atoms with van der Waals surface area (Å²) in [6.07, 6.45) is -4.49. The van der Waals surface area contributed by atoms with Crippen LogP contribution in [0.25, 0.3) is 0 Å². The second kappa shape index (κ2) is 9.15. The van der Waals surface area contributed by atoms with E-state index in [2.05, 4.69) is 10.0 Å². The van der Waals surface area contributed by atoms with Crippen LogP contribution in [0.3, 0.4) is 0 Å². The second-order valence-electron chi connectivity index (χ2n) is 6.66. The van der Waals surface area contributed by atoms with Crippen LogP contribution >= 0.6 is 11.6 Å². The van der Waals surface area contributed by atoms with Crippen LogP contribution in [0.1, 0.15) is 31.4 Å². The fourth-order valence-electron chi connectivity index (χ4n) is 2.54.